The molecule has 0 amide bonds. The van der Waals surface area contributed by atoms with Crippen LogP contribution in [0.4, 0.5) is 0 Å². The molecule has 0 aromatic heterocycles. The smallest absolute Gasteiger partial charge is 0.258 e. The van der Waals surface area contributed by atoms with E-state index in [2.05, 4.69) is 20.5 Å². The summed E-state index contributed by atoms with van der Waals surface area (Å²) in [6.45, 7) is 2.97. The molecule has 94 valence electrons. The Balaban J connectivity index is 2.61. The number of nitro groups is 2. The molecule has 0 unspecified atom stereocenters. The summed E-state index contributed by atoms with van der Waals surface area (Å²) in [5, 5.41) is 36.3. The molecular formula is C8H8N6O4. The predicted octanol–water partition coefficient (Wildman–Crippen LogP) is 1.67. The first-order valence-electron chi connectivity index (χ1n) is 5.02. The van der Waals surface area contributed by atoms with E-state index in [0.717, 1.165) is 0 Å². The van der Waals surface area contributed by atoms with Crippen molar-refractivity contribution < 1.29 is 9.85 Å². The normalized spacial score (nSPS) is 26.3. The van der Waals surface area contributed by atoms with Crippen LogP contribution >= 0.6 is 0 Å². The fraction of sp³-hybridized carbons (Fsp3) is 0.500. The molecule has 0 fully saturated rings. The molecule has 0 bridgehead atoms. The first-order chi connectivity index (χ1) is 8.43. The van der Waals surface area contributed by atoms with Gasteiger partial charge >= 0.3 is 11.4 Å². The molecule has 2 rings (SSSR count). The average Bonchev–Trinajstić information content (AvgIpc) is 2.81. The van der Waals surface area contributed by atoms with Crippen molar-refractivity contribution in [3.05, 3.63) is 43.0 Å². The molecule has 0 aromatic carbocycles. The van der Waals surface area contributed by atoms with E-state index in [1.165, 1.54) is 13.8 Å². The number of hydrogen-bond donors (Lipinski definition) is 0. The highest BCUT2D eigenvalue weighted by molar-refractivity contribution is 5.39. The van der Waals surface area contributed by atoms with Gasteiger partial charge in [-0.05, 0) is 13.8 Å². The zero-order chi connectivity index (χ0) is 13.4. The second-order valence-corrected chi connectivity index (χ2v) is 3.76. The minimum atomic E-state index is -0.749. The largest absolute Gasteiger partial charge is 0.301 e. The van der Waals surface area contributed by atoms with Crippen LogP contribution in [0.3, 0.4) is 0 Å². The Morgan fingerprint density at radius 2 is 1.22 bits per heavy atom. The predicted molar refractivity (Wildman–Crippen MR) is 56.7 cm³/mol. The molecule has 0 N–H and O–H groups in total. The molecule has 10 nitrogen and oxygen atoms in total. The molecule has 0 aliphatic carbocycles. The van der Waals surface area contributed by atoms with Gasteiger partial charge in [0.25, 0.3) is 0 Å². The Bertz CT molecular complexity index is 510. The van der Waals surface area contributed by atoms with Gasteiger partial charge in [-0.1, -0.05) is 0 Å². The van der Waals surface area contributed by atoms with Crippen LogP contribution in [0.1, 0.15) is 13.8 Å². The molecule has 0 saturated carbocycles. The van der Waals surface area contributed by atoms with Crippen molar-refractivity contribution in [1.29, 1.82) is 0 Å². The van der Waals surface area contributed by atoms with Crippen LogP contribution in [-0.4, -0.2) is 21.9 Å². The van der Waals surface area contributed by atoms with Gasteiger partial charge in [0.2, 0.25) is 0 Å². The third-order valence-corrected chi connectivity index (χ3v) is 2.56. The summed E-state index contributed by atoms with van der Waals surface area (Å²) >= 11 is 0. The summed E-state index contributed by atoms with van der Waals surface area (Å²) in [6, 6.07) is -1.50. The molecular weight excluding hydrogens is 244 g/mol. The van der Waals surface area contributed by atoms with Crippen LogP contribution in [0, 0.1) is 20.2 Å². The van der Waals surface area contributed by atoms with E-state index < -0.39 is 21.9 Å². The second kappa shape index (κ2) is 4.05. The van der Waals surface area contributed by atoms with Crippen molar-refractivity contribution in [2.75, 3.05) is 0 Å². The first-order valence-corrected chi connectivity index (χ1v) is 5.02. The van der Waals surface area contributed by atoms with Gasteiger partial charge in [0, 0.05) is 0 Å². The summed E-state index contributed by atoms with van der Waals surface area (Å²) in [5.74, 6) is 0. The van der Waals surface area contributed by atoms with Crippen LogP contribution in [0.2, 0.25) is 0 Å². The van der Waals surface area contributed by atoms with E-state index in [9.17, 15) is 20.2 Å². The van der Waals surface area contributed by atoms with E-state index in [0.29, 0.717) is 0 Å². The molecule has 2 aliphatic rings. The molecule has 0 radical (unpaired) electrons. The Hall–Kier alpha value is -2.52. The van der Waals surface area contributed by atoms with Gasteiger partial charge in [-0.3, -0.25) is 20.2 Å². The molecule has 18 heavy (non-hydrogen) atoms. The molecule has 0 saturated heterocycles. The fourth-order valence-corrected chi connectivity index (χ4v) is 1.71. The Morgan fingerprint density at radius 3 is 1.50 bits per heavy atom. The summed E-state index contributed by atoms with van der Waals surface area (Å²) in [6.07, 6.45) is 0. The Morgan fingerprint density at radius 1 is 0.889 bits per heavy atom. The fourth-order valence-electron chi connectivity index (χ4n) is 1.71. The van der Waals surface area contributed by atoms with Gasteiger partial charge in [0.1, 0.15) is 0 Å². The molecule has 2 heterocycles. The van der Waals surface area contributed by atoms with E-state index in [4.69, 9.17) is 0 Å². The van der Waals surface area contributed by atoms with E-state index >= 15 is 0 Å². The summed E-state index contributed by atoms with van der Waals surface area (Å²) < 4.78 is 0. The number of rotatable bonds is 3. The summed E-state index contributed by atoms with van der Waals surface area (Å²) in [4.78, 5) is 20.5. The highest BCUT2D eigenvalue weighted by Crippen LogP contribution is 2.34. The van der Waals surface area contributed by atoms with Crippen molar-refractivity contribution >= 4 is 0 Å². The van der Waals surface area contributed by atoms with Crippen LogP contribution < -0.4 is 0 Å². The van der Waals surface area contributed by atoms with Crippen molar-refractivity contribution in [1.82, 2.24) is 0 Å². The highest BCUT2D eigenvalue weighted by Gasteiger charge is 2.41. The zero-order valence-electron chi connectivity index (χ0n) is 9.47. The van der Waals surface area contributed by atoms with E-state index in [1.807, 2.05) is 0 Å². The molecule has 0 spiro atoms. The molecule has 10 heteroatoms. The maximum absolute atomic E-state index is 10.9. The van der Waals surface area contributed by atoms with Gasteiger partial charge in [-0.15, -0.1) is 10.2 Å². The highest BCUT2D eigenvalue weighted by atomic mass is 16.6. The van der Waals surface area contributed by atoms with Gasteiger partial charge in [0.05, 0.1) is 9.85 Å². The monoisotopic (exact) mass is 252 g/mol. The molecule has 2 atom stereocenters. The Kier molecular flexibility index (Phi) is 2.69. The number of nitrogens with zero attached hydrogens (tertiary/aromatic N) is 6. The summed E-state index contributed by atoms with van der Waals surface area (Å²) in [7, 11) is 0. The van der Waals surface area contributed by atoms with Crippen molar-refractivity contribution in [3.8, 4) is 0 Å². The van der Waals surface area contributed by atoms with Gasteiger partial charge in [-0.25, -0.2) is 0 Å². The SMILES string of the molecule is C[C@@H]1N=NC(C2=C([N+](=O)[O-])[C@H](C)N=N2)=C1[N+](=O)[O-]. The van der Waals surface area contributed by atoms with Gasteiger partial charge < -0.3 is 0 Å². The summed E-state index contributed by atoms with van der Waals surface area (Å²) in [5.41, 5.74) is -0.936. The lowest BCUT2D eigenvalue weighted by atomic mass is 10.1. The lowest BCUT2D eigenvalue weighted by Crippen LogP contribution is -2.13. The van der Waals surface area contributed by atoms with Crippen LogP contribution in [0.5, 0.6) is 0 Å². The molecule has 2 aliphatic heterocycles. The standard InChI is InChI=1S/C8H8N6O4/c1-3-7(13(15)16)5(11-9-3)6-8(14(17)18)4(2)10-12-6/h3-4H,1-2H3/t3-,4-/m0/s1. The maximum atomic E-state index is 10.9. The van der Waals surface area contributed by atoms with Crippen molar-refractivity contribution in [3.63, 3.8) is 0 Å². The third-order valence-electron chi connectivity index (χ3n) is 2.56. The zero-order valence-corrected chi connectivity index (χ0v) is 9.47. The van der Waals surface area contributed by atoms with Crippen LogP contribution in [-0.2, 0) is 0 Å². The first kappa shape index (κ1) is 12.0. The molecule has 0 aromatic rings. The van der Waals surface area contributed by atoms with Gasteiger partial charge in [0.15, 0.2) is 23.5 Å². The van der Waals surface area contributed by atoms with E-state index in [1.54, 1.807) is 0 Å². The average molecular weight is 252 g/mol. The van der Waals surface area contributed by atoms with Gasteiger partial charge in [-0.2, -0.15) is 10.2 Å². The van der Waals surface area contributed by atoms with Crippen molar-refractivity contribution in [2.24, 2.45) is 20.5 Å². The van der Waals surface area contributed by atoms with Crippen LogP contribution in [0.15, 0.2) is 43.2 Å². The number of hydrogen-bond acceptors (Lipinski definition) is 8. The number of azo groups is 2. The van der Waals surface area contributed by atoms with E-state index in [-0.39, 0.29) is 22.8 Å². The third kappa shape index (κ3) is 1.67. The quantitative estimate of drug-likeness (QED) is 0.557. The second-order valence-electron chi connectivity index (χ2n) is 3.76. The topological polar surface area (TPSA) is 136 Å². The van der Waals surface area contributed by atoms with Crippen LogP contribution in [0.25, 0.3) is 0 Å². The van der Waals surface area contributed by atoms with Crippen molar-refractivity contribution in [2.45, 2.75) is 25.9 Å². The lowest BCUT2D eigenvalue weighted by Gasteiger charge is -1.99. The minimum Gasteiger partial charge on any atom is -0.258 e. The lowest BCUT2D eigenvalue weighted by molar-refractivity contribution is -0.432. The maximum Gasteiger partial charge on any atom is 0.301 e. The Labute approximate surface area is 100 Å². The minimum absolute atomic E-state index is 0.174.